The van der Waals surface area contributed by atoms with E-state index in [2.05, 4.69) is 55.8 Å². The van der Waals surface area contributed by atoms with Crippen molar-refractivity contribution in [2.75, 3.05) is 12.4 Å². The van der Waals surface area contributed by atoms with Gasteiger partial charge in [0.2, 0.25) is 0 Å². The number of carbonyl (C=O) groups is 1. The molecule has 1 heterocycles. The van der Waals surface area contributed by atoms with E-state index in [1.54, 1.807) is 19.2 Å². The third kappa shape index (κ3) is 3.54. The molecule has 5 nitrogen and oxygen atoms in total. The zero-order valence-corrected chi connectivity index (χ0v) is 12.9. The Labute approximate surface area is 125 Å². The lowest BCUT2D eigenvalue weighted by Gasteiger charge is -2.08. The molecule has 1 amide bonds. The van der Waals surface area contributed by atoms with Gasteiger partial charge >= 0.3 is 0 Å². The highest BCUT2D eigenvalue weighted by atomic mass is 79.9. The van der Waals surface area contributed by atoms with Crippen LogP contribution >= 0.6 is 15.9 Å². The van der Waals surface area contributed by atoms with Crippen molar-refractivity contribution in [3.8, 4) is 0 Å². The van der Waals surface area contributed by atoms with Gasteiger partial charge in [-0.1, -0.05) is 22.0 Å². The molecule has 0 bridgehead atoms. The van der Waals surface area contributed by atoms with Crippen molar-refractivity contribution in [1.82, 2.24) is 15.5 Å². The fourth-order valence-corrected chi connectivity index (χ4v) is 2.10. The molecule has 2 rings (SSSR count). The Bertz CT molecular complexity index is 613. The van der Waals surface area contributed by atoms with E-state index in [9.17, 15) is 4.79 Å². The van der Waals surface area contributed by atoms with Crippen LogP contribution in [0.1, 0.15) is 21.6 Å². The smallest absolute Gasteiger partial charge is 0.271 e. The molecule has 0 radical (unpaired) electrons. The van der Waals surface area contributed by atoms with Crippen LogP contribution in [0.25, 0.3) is 0 Å². The molecular weight excluding hydrogens is 320 g/mol. The van der Waals surface area contributed by atoms with E-state index in [-0.39, 0.29) is 5.91 Å². The van der Waals surface area contributed by atoms with Gasteiger partial charge in [-0.05, 0) is 42.3 Å². The maximum atomic E-state index is 11.3. The molecule has 20 heavy (non-hydrogen) atoms. The van der Waals surface area contributed by atoms with Gasteiger partial charge in [0.05, 0.1) is 0 Å². The predicted octanol–water partition coefficient (Wildman–Crippen LogP) is 2.52. The lowest BCUT2D eigenvalue weighted by atomic mass is 10.1. The average Bonchev–Trinajstić information content (AvgIpc) is 2.48. The van der Waals surface area contributed by atoms with Gasteiger partial charge in [0, 0.05) is 18.1 Å². The number of aryl methyl sites for hydroxylation is 1. The molecule has 0 fully saturated rings. The number of anilines is 1. The van der Waals surface area contributed by atoms with Crippen LogP contribution in [-0.2, 0) is 6.54 Å². The van der Waals surface area contributed by atoms with Crippen molar-refractivity contribution < 1.29 is 4.79 Å². The molecule has 0 spiro atoms. The Kier molecular flexibility index (Phi) is 4.68. The summed E-state index contributed by atoms with van der Waals surface area (Å²) in [5.41, 5.74) is 2.68. The average molecular weight is 335 g/mol. The predicted molar refractivity (Wildman–Crippen MR) is 81.6 cm³/mol. The summed E-state index contributed by atoms with van der Waals surface area (Å²) in [6, 6.07) is 9.51. The highest BCUT2D eigenvalue weighted by Gasteiger charge is 2.05. The molecule has 0 aliphatic heterocycles. The topological polar surface area (TPSA) is 66.9 Å². The van der Waals surface area contributed by atoms with Gasteiger partial charge < -0.3 is 10.6 Å². The number of hydrogen-bond donors (Lipinski definition) is 2. The fourth-order valence-electron chi connectivity index (χ4n) is 1.69. The Hall–Kier alpha value is -1.95. The number of benzene rings is 1. The molecule has 0 saturated heterocycles. The largest absolute Gasteiger partial charge is 0.364 e. The van der Waals surface area contributed by atoms with Crippen molar-refractivity contribution in [3.63, 3.8) is 0 Å². The Morgan fingerprint density at radius 3 is 2.70 bits per heavy atom. The molecule has 2 N–H and O–H groups in total. The van der Waals surface area contributed by atoms with Crippen LogP contribution in [0.5, 0.6) is 0 Å². The minimum absolute atomic E-state index is 0.244. The molecule has 1 aromatic heterocycles. The maximum absolute atomic E-state index is 11.3. The number of nitrogens with zero attached hydrogens (tertiary/aromatic N) is 2. The molecule has 104 valence electrons. The summed E-state index contributed by atoms with van der Waals surface area (Å²) in [4.78, 5) is 11.3. The fraction of sp³-hybridized carbons (Fsp3) is 0.214. The van der Waals surface area contributed by atoms with Crippen LogP contribution in [0.4, 0.5) is 5.82 Å². The van der Waals surface area contributed by atoms with Crippen LogP contribution in [0.15, 0.2) is 34.8 Å². The second kappa shape index (κ2) is 6.47. The molecule has 2 aromatic rings. The van der Waals surface area contributed by atoms with Gasteiger partial charge in [0.15, 0.2) is 5.69 Å². The summed E-state index contributed by atoms with van der Waals surface area (Å²) in [7, 11) is 1.56. The van der Waals surface area contributed by atoms with E-state index in [0.717, 1.165) is 4.47 Å². The van der Waals surface area contributed by atoms with Crippen LogP contribution in [0.2, 0.25) is 0 Å². The number of hydrogen-bond acceptors (Lipinski definition) is 4. The third-order valence-electron chi connectivity index (χ3n) is 2.90. The highest BCUT2D eigenvalue weighted by Crippen LogP contribution is 2.17. The van der Waals surface area contributed by atoms with Gasteiger partial charge in [-0.15, -0.1) is 10.2 Å². The third-order valence-corrected chi connectivity index (χ3v) is 3.39. The SMILES string of the molecule is CNC(=O)c1ccc(NCc2cc(Br)ccc2C)nn1. The van der Waals surface area contributed by atoms with E-state index in [4.69, 9.17) is 0 Å². The van der Waals surface area contributed by atoms with E-state index < -0.39 is 0 Å². The van der Waals surface area contributed by atoms with E-state index in [1.807, 2.05) is 6.07 Å². The molecular formula is C14H15BrN4O. The molecule has 0 aliphatic carbocycles. The summed E-state index contributed by atoms with van der Waals surface area (Å²) in [6.07, 6.45) is 0. The number of carbonyl (C=O) groups excluding carboxylic acids is 1. The molecule has 0 atom stereocenters. The standard InChI is InChI=1S/C14H15BrN4O/c1-9-3-4-11(15)7-10(9)8-17-13-6-5-12(18-19-13)14(20)16-2/h3-7H,8H2,1-2H3,(H,16,20)(H,17,19). The summed E-state index contributed by atoms with van der Waals surface area (Å²) in [6.45, 7) is 2.71. The monoisotopic (exact) mass is 334 g/mol. The number of halogens is 1. The van der Waals surface area contributed by atoms with Crippen molar-refractivity contribution >= 4 is 27.7 Å². The molecule has 0 unspecified atom stereocenters. The number of nitrogens with one attached hydrogen (secondary N) is 2. The number of aromatic nitrogens is 2. The van der Waals surface area contributed by atoms with Crippen molar-refractivity contribution in [2.45, 2.75) is 13.5 Å². The van der Waals surface area contributed by atoms with Crippen LogP contribution in [0, 0.1) is 6.92 Å². The lowest BCUT2D eigenvalue weighted by molar-refractivity contribution is 0.0957. The summed E-state index contributed by atoms with van der Waals surface area (Å²) in [5, 5.41) is 13.5. The Balaban J connectivity index is 2.04. The summed E-state index contributed by atoms with van der Waals surface area (Å²) in [5.74, 6) is 0.393. The van der Waals surface area contributed by atoms with Crippen molar-refractivity contribution in [1.29, 1.82) is 0 Å². The van der Waals surface area contributed by atoms with E-state index >= 15 is 0 Å². The van der Waals surface area contributed by atoms with Crippen molar-refractivity contribution in [3.05, 3.63) is 51.6 Å². The lowest BCUT2D eigenvalue weighted by Crippen LogP contribution is -2.19. The minimum Gasteiger partial charge on any atom is -0.364 e. The quantitative estimate of drug-likeness (QED) is 0.901. The van der Waals surface area contributed by atoms with Crippen LogP contribution in [-0.4, -0.2) is 23.2 Å². The minimum atomic E-state index is -0.244. The summed E-state index contributed by atoms with van der Waals surface area (Å²) >= 11 is 3.46. The molecule has 1 aromatic carbocycles. The highest BCUT2D eigenvalue weighted by molar-refractivity contribution is 9.10. The first kappa shape index (κ1) is 14.5. The normalized spacial score (nSPS) is 10.2. The Morgan fingerprint density at radius 1 is 1.25 bits per heavy atom. The van der Waals surface area contributed by atoms with Gasteiger partial charge in [0.25, 0.3) is 5.91 Å². The number of amides is 1. The summed E-state index contributed by atoms with van der Waals surface area (Å²) < 4.78 is 1.04. The van der Waals surface area contributed by atoms with Gasteiger partial charge in [0.1, 0.15) is 5.82 Å². The molecule has 0 saturated carbocycles. The van der Waals surface area contributed by atoms with Crippen molar-refractivity contribution in [2.24, 2.45) is 0 Å². The molecule has 0 aliphatic rings. The van der Waals surface area contributed by atoms with Crippen LogP contribution in [0.3, 0.4) is 0 Å². The van der Waals surface area contributed by atoms with E-state index in [0.29, 0.717) is 18.1 Å². The Morgan fingerprint density at radius 2 is 2.05 bits per heavy atom. The zero-order valence-electron chi connectivity index (χ0n) is 11.3. The van der Waals surface area contributed by atoms with Gasteiger partial charge in [-0.25, -0.2) is 0 Å². The van der Waals surface area contributed by atoms with Gasteiger partial charge in [-0.3, -0.25) is 4.79 Å². The second-order valence-electron chi connectivity index (χ2n) is 4.31. The van der Waals surface area contributed by atoms with Gasteiger partial charge in [-0.2, -0.15) is 0 Å². The van der Waals surface area contributed by atoms with E-state index in [1.165, 1.54) is 11.1 Å². The second-order valence-corrected chi connectivity index (χ2v) is 5.22. The van der Waals surface area contributed by atoms with Crippen LogP contribution < -0.4 is 10.6 Å². The molecule has 6 heteroatoms. The maximum Gasteiger partial charge on any atom is 0.271 e. The number of rotatable bonds is 4. The first-order valence-corrected chi connectivity index (χ1v) is 6.94. The zero-order chi connectivity index (χ0) is 14.5. The first-order valence-electron chi connectivity index (χ1n) is 6.15. The first-order chi connectivity index (χ1) is 9.60.